The molecule has 0 bridgehead atoms. The van der Waals surface area contributed by atoms with Gasteiger partial charge in [0.15, 0.2) is 5.54 Å². The Morgan fingerprint density at radius 1 is 1.18 bits per heavy atom. The smallest absolute Gasteiger partial charge is 0.319 e. The fourth-order valence-electron chi connectivity index (χ4n) is 2.41. The standard InChI is InChI=1S/C15H12Cl2N2O2S/c1-15(12-6-3-7-22-12)13(20)19(14(21)18-15)8-9-10(16)4-2-5-11(9)17/h2-7H,8H2,1H3,(H,18,21). The van der Waals surface area contributed by atoms with Gasteiger partial charge >= 0.3 is 6.03 Å². The summed E-state index contributed by atoms with van der Waals surface area (Å²) in [6.07, 6.45) is 0. The molecule has 2 heterocycles. The first kappa shape index (κ1) is 15.3. The summed E-state index contributed by atoms with van der Waals surface area (Å²) in [5, 5.41) is 5.48. The highest BCUT2D eigenvalue weighted by atomic mass is 35.5. The van der Waals surface area contributed by atoms with Crippen molar-refractivity contribution in [3.63, 3.8) is 0 Å². The molecule has 1 aliphatic rings. The largest absolute Gasteiger partial charge is 0.325 e. The average Bonchev–Trinajstić information content (AvgIpc) is 3.06. The molecule has 0 saturated carbocycles. The Morgan fingerprint density at radius 2 is 1.86 bits per heavy atom. The zero-order valence-electron chi connectivity index (χ0n) is 11.6. The number of hydrogen-bond acceptors (Lipinski definition) is 3. The number of nitrogens with zero attached hydrogens (tertiary/aromatic N) is 1. The van der Waals surface area contributed by atoms with Crippen molar-refractivity contribution in [1.82, 2.24) is 10.2 Å². The lowest BCUT2D eigenvalue weighted by Gasteiger charge is -2.20. The topological polar surface area (TPSA) is 49.4 Å². The van der Waals surface area contributed by atoms with E-state index in [2.05, 4.69) is 5.32 Å². The molecule has 3 rings (SSSR count). The highest BCUT2D eigenvalue weighted by molar-refractivity contribution is 7.10. The van der Waals surface area contributed by atoms with E-state index in [9.17, 15) is 9.59 Å². The zero-order valence-corrected chi connectivity index (χ0v) is 13.9. The second-order valence-electron chi connectivity index (χ2n) is 5.12. The molecule has 1 aromatic carbocycles. The van der Waals surface area contributed by atoms with Crippen molar-refractivity contribution in [2.45, 2.75) is 19.0 Å². The van der Waals surface area contributed by atoms with Gasteiger partial charge in [0.25, 0.3) is 5.91 Å². The number of carbonyl (C=O) groups excluding carboxylic acids is 2. The molecule has 3 amide bonds. The normalized spacial score (nSPS) is 21.3. The van der Waals surface area contributed by atoms with Crippen LogP contribution in [0, 0.1) is 0 Å². The lowest BCUT2D eigenvalue weighted by Crippen LogP contribution is -2.40. The second-order valence-corrected chi connectivity index (χ2v) is 6.89. The van der Waals surface area contributed by atoms with Crippen molar-refractivity contribution < 1.29 is 9.59 Å². The van der Waals surface area contributed by atoms with E-state index in [1.165, 1.54) is 11.3 Å². The molecule has 114 valence electrons. The Morgan fingerprint density at radius 3 is 2.45 bits per heavy atom. The summed E-state index contributed by atoms with van der Waals surface area (Å²) in [7, 11) is 0. The fraction of sp³-hybridized carbons (Fsp3) is 0.200. The first-order valence-corrected chi connectivity index (χ1v) is 8.18. The van der Waals surface area contributed by atoms with Crippen LogP contribution in [0.5, 0.6) is 0 Å². The van der Waals surface area contributed by atoms with E-state index in [0.717, 1.165) is 9.78 Å². The highest BCUT2D eigenvalue weighted by Gasteiger charge is 2.49. The quantitative estimate of drug-likeness (QED) is 0.846. The molecule has 0 radical (unpaired) electrons. The van der Waals surface area contributed by atoms with Crippen molar-refractivity contribution >= 4 is 46.5 Å². The number of amides is 3. The van der Waals surface area contributed by atoms with Crippen molar-refractivity contribution in [2.24, 2.45) is 0 Å². The van der Waals surface area contributed by atoms with E-state index in [1.54, 1.807) is 25.1 Å². The Balaban J connectivity index is 1.93. The predicted octanol–water partition coefficient (Wildman–Crippen LogP) is 4.02. The third-order valence-corrected chi connectivity index (χ3v) is 5.47. The van der Waals surface area contributed by atoms with Crippen LogP contribution in [0.15, 0.2) is 35.7 Å². The van der Waals surface area contributed by atoms with E-state index in [4.69, 9.17) is 23.2 Å². The molecule has 4 nitrogen and oxygen atoms in total. The van der Waals surface area contributed by atoms with Gasteiger partial charge in [-0.3, -0.25) is 9.69 Å². The first-order chi connectivity index (χ1) is 10.4. The maximum Gasteiger partial charge on any atom is 0.325 e. The van der Waals surface area contributed by atoms with Gasteiger partial charge in [-0.1, -0.05) is 35.3 Å². The third-order valence-electron chi connectivity index (χ3n) is 3.67. The van der Waals surface area contributed by atoms with Crippen LogP contribution in [-0.2, 0) is 16.9 Å². The van der Waals surface area contributed by atoms with Crippen LogP contribution in [-0.4, -0.2) is 16.8 Å². The van der Waals surface area contributed by atoms with Gasteiger partial charge in [0.1, 0.15) is 0 Å². The summed E-state index contributed by atoms with van der Waals surface area (Å²) in [5.41, 5.74) is -0.483. The number of carbonyl (C=O) groups is 2. The Hall–Kier alpha value is -1.56. The number of hydrogen-bond donors (Lipinski definition) is 1. The Labute approximate surface area is 141 Å². The third kappa shape index (κ3) is 2.39. The maximum atomic E-state index is 12.7. The summed E-state index contributed by atoms with van der Waals surface area (Å²) in [4.78, 5) is 26.9. The number of urea groups is 1. The van der Waals surface area contributed by atoms with Gasteiger partial charge < -0.3 is 5.32 Å². The molecular formula is C15H12Cl2N2O2S. The van der Waals surface area contributed by atoms with Crippen LogP contribution in [0.2, 0.25) is 10.0 Å². The van der Waals surface area contributed by atoms with Crippen LogP contribution < -0.4 is 5.32 Å². The van der Waals surface area contributed by atoms with Crippen LogP contribution in [0.1, 0.15) is 17.4 Å². The summed E-state index contributed by atoms with van der Waals surface area (Å²) < 4.78 is 0. The first-order valence-electron chi connectivity index (χ1n) is 6.54. The molecule has 2 aromatic rings. The number of thiophene rings is 1. The molecule has 0 aliphatic carbocycles. The Bertz CT molecular complexity index is 728. The molecule has 1 aromatic heterocycles. The number of imide groups is 1. The number of halogens is 2. The minimum atomic E-state index is -1.04. The molecule has 1 atom stereocenters. The second kappa shape index (κ2) is 5.57. The molecular weight excluding hydrogens is 343 g/mol. The number of rotatable bonds is 3. The van der Waals surface area contributed by atoms with E-state index in [0.29, 0.717) is 15.6 Å². The van der Waals surface area contributed by atoms with Gasteiger partial charge in [-0.25, -0.2) is 4.79 Å². The summed E-state index contributed by atoms with van der Waals surface area (Å²) >= 11 is 13.7. The molecule has 0 spiro atoms. The highest BCUT2D eigenvalue weighted by Crippen LogP contribution is 2.34. The molecule has 7 heteroatoms. The summed E-state index contributed by atoms with van der Waals surface area (Å²) in [5.74, 6) is -0.309. The van der Waals surface area contributed by atoms with Gasteiger partial charge in [0, 0.05) is 20.5 Å². The lowest BCUT2D eigenvalue weighted by molar-refractivity contribution is -0.131. The molecule has 1 saturated heterocycles. The van der Waals surface area contributed by atoms with Crippen LogP contribution in [0.4, 0.5) is 4.79 Å². The van der Waals surface area contributed by atoms with Gasteiger partial charge in [-0.2, -0.15) is 0 Å². The van der Waals surface area contributed by atoms with Crippen LogP contribution >= 0.6 is 34.5 Å². The lowest BCUT2D eigenvalue weighted by atomic mass is 10.0. The van der Waals surface area contributed by atoms with Crippen molar-refractivity contribution in [3.05, 3.63) is 56.2 Å². The van der Waals surface area contributed by atoms with Crippen molar-refractivity contribution in [3.8, 4) is 0 Å². The van der Waals surface area contributed by atoms with Crippen LogP contribution in [0.25, 0.3) is 0 Å². The van der Waals surface area contributed by atoms with Crippen molar-refractivity contribution in [2.75, 3.05) is 0 Å². The molecule has 1 fully saturated rings. The molecule has 22 heavy (non-hydrogen) atoms. The van der Waals surface area contributed by atoms with E-state index >= 15 is 0 Å². The fourth-order valence-corrected chi connectivity index (χ4v) is 3.76. The average molecular weight is 355 g/mol. The van der Waals surface area contributed by atoms with Crippen LogP contribution in [0.3, 0.4) is 0 Å². The van der Waals surface area contributed by atoms with Crippen molar-refractivity contribution in [1.29, 1.82) is 0 Å². The van der Waals surface area contributed by atoms with E-state index in [1.807, 2.05) is 17.5 Å². The minimum Gasteiger partial charge on any atom is -0.319 e. The summed E-state index contributed by atoms with van der Waals surface area (Å²) in [6, 6.07) is 8.30. The predicted molar refractivity (Wildman–Crippen MR) is 87.2 cm³/mol. The molecule has 1 aliphatic heterocycles. The summed E-state index contributed by atoms with van der Waals surface area (Å²) in [6.45, 7) is 1.75. The van der Waals surface area contributed by atoms with Gasteiger partial charge in [0.2, 0.25) is 0 Å². The monoisotopic (exact) mass is 354 g/mol. The van der Waals surface area contributed by atoms with Gasteiger partial charge in [-0.05, 0) is 30.5 Å². The zero-order chi connectivity index (χ0) is 15.9. The number of benzene rings is 1. The molecule has 1 N–H and O–H groups in total. The minimum absolute atomic E-state index is 0.0458. The Kier molecular flexibility index (Phi) is 3.89. The van der Waals surface area contributed by atoms with Gasteiger partial charge in [0.05, 0.1) is 6.54 Å². The molecule has 1 unspecified atom stereocenters. The van der Waals surface area contributed by atoms with E-state index < -0.39 is 11.6 Å². The van der Waals surface area contributed by atoms with Gasteiger partial charge in [-0.15, -0.1) is 11.3 Å². The van der Waals surface area contributed by atoms with E-state index in [-0.39, 0.29) is 12.5 Å². The maximum absolute atomic E-state index is 12.7. The number of nitrogens with one attached hydrogen (secondary N) is 1. The SMILES string of the molecule is CC1(c2cccs2)NC(=O)N(Cc2c(Cl)cccc2Cl)C1=O.